The summed E-state index contributed by atoms with van der Waals surface area (Å²) in [6.07, 6.45) is -3.62. The molecule has 0 aliphatic carbocycles. The summed E-state index contributed by atoms with van der Waals surface area (Å²) >= 11 is 5.50. The molecule has 0 N–H and O–H groups in total. The maximum Gasteiger partial charge on any atom is 0.417 e. The van der Waals surface area contributed by atoms with E-state index in [1.165, 1.54) is 55.0 Å². The lowest BCUT2D eigenvalue weighted by atomic mass is 10.0. The number of amides is 2. The van der Waals surface area contributed by atoms with Crippen molar-refractivity contribution in [3.8, 4) is 0 Å². The quantitative estimate of drug-likeness (QED) is 0.395. The first-order valence-electron chi connectivity index (χ1n) is 11.0. The number of nitrogens with zero attached hydrogens (tertiary/aromatic N) is 3. The second-order valence-corrected chi connectivity index (χ2v) is 9.34. The Bertz CT molecular complexity index is 1290. The summed E-state index contributed by atoms with van der Waals surface area (Å²) in [4.78, 5) is 30.0. The fourth-order valence-corrected chi connectivity index (χ4v) is 4.98. The second kappa shape index (κ2) is 8.97. The number of fused-ring (bicyclic) bond motifs is 1. The predicted molar refractivity (Wildman–Crippen MR) is 131 cm³/mol. The van der Waals surface area contributed by atoms with Gasteiger partial charge < -0.3 is 14.5 Å². The fraction of sp³-hybridized carbons (Fsp3) is 0.320. The van der Waals surface area contributed by atoms with Crippen LogP contribution in [-0.4, -0.2) is 47.6 Å². The highest BCUT2D eigenvalue weighted by atomic mass is 32.1. The molecule has 2 aliphatic rings. The molecule has 1 saturated heterocycles. The molecule has 2 aromatic carbocycles. The number of halogens is 4. The number of carbonyl (C=O) groups excluding carboxylic acids is 2. The summed E-state index contributed by atoms with van der Waals surface area (Å²) in [6.45, 7) is 7.23. The van der Waals surface area contributed by atoms with Crippen LogP contribution in [-0.2, 0) is 22.3 Å². The zero-order chi connectivity index (χ0) is 26.6. The minimum atomic E-state index is -4.69. The Labute approximate surface area is 210 Å². The van der Waals surface area contributed by atoms with Crippen molar-refractivity contribution in [1.29, 1.82) is 0 Å². The van der Waals surface area contributed by atoms with Crippen molar-refractivity contribution in [2.45, 2.75) is 32.1 Å². The Morgan fingerprint density at radius 2 is 1.89 bits per heavy atom. The van der Waals surface area contributed by atoms with Crippen LogP contribution in [0.25, 0.3) is 6.08 Å². The van der Waals surface area contributed by atoms with Gasteiger partial charge in [-0.15, -0.1) is 0 Å². The number of benzene rings is 2. The van der Waals surface area contributed by atoms with Crippen LogP contribution in [0.4, 0.5) is 28.9 Å². The van der Waals surface area contributed by atoms with Gasteiger partial charge in [0.25, 0.3) is 11.8 Å². The maximum absolute atomic E-state index is 15.3. The Hall–Kier alpha value is -3.31. The first-order chi connectivity index (χ1) is 16.8. The van der Waals surface area contributed by atoms with Crippen molar-refractivity contribution in [3.63, 3.8) is 0 Å². The van der Waals surface area contributed by atoms with E-state index in [-0.39, 0.29) is 40.1 Å². The highest BCUT2D eigenvalue weighted by molar-refractivity contribution is 7.81. The largest absolute Gasteiger partial charge is 0.417 e. The van der Waals surface area contributed by atoms with Gasteiger partial charge in [-0.25, -0.2) is 4.39 Å². The Kier molecular flexibility index (Phi) is 6.42. The van der Waals surface area contributed by atoms with E-state index in [1.807, 2.05) is 0 Å². The van der Waals surface area contributed by atoms with E-state index in [2.05, 4.69) is 6.58 Å². The van der Waals surface area contributed by atoms with E-state index in [4.69, 9.17) is 17.0 Å². The molecule has 2 aromatic rings. The van der Waals surface area contributed by atoms with Crippen LogP contribution in [0.15, 0.2) is 36.9 Å². The lowest BCUT2D eigenvalue weighted by molar-refractivity contribution is -0.137. The molecule has 0 aromatic heterocycles. The lowest BCUT2D eigenvalue weighted by Crippen LogP contribution is -2.44. The zero-order valence-corrected chi connectivity index (χ0v) is 20.6. The van der Waals surface area contributed by atoms with Crippen molar-refractivity contribution in [2.24, 2.45) is 0 Å². The average Bonchev–Trinajstić information content (AvgIpc) is 3.20. The molecular formula is C25H23F4N3O3S. The first-order valence-corrected chi connectivity index (χ1v) is 11.4. The summed E-state index contributed by atoms with van der Waals surface area (Å²) in [7, 11) is 1.51. The third-order valence-electron chi connectivity index (χ3n) is 6.35. The molecule has 2 aliphatic heterocycles. The van der Waals surface area contributed by atoms with Crippen molar-refractivity contribution in [1.82, 2.24) is 4.90 Å². The van der Waals surface area contributed by atoms with E-state index in [1.54, 1.807) is 0 Å². The van der Waals surface area contributed by atoms with Gasteiger partial charge in [0.15, 0.2) is 5.11 Å². The van der Waals surface area contributed by atoms with E-state index in [9.17, 15) is 22.8 Å². The smallest absolute Gasteiger partial charge is 0.383 e. The van der Waals surface area contributed by atoms with Gasteiger partial charge in [0.1, 0.15) is 11.4 Å². The molecule has 0 unspecified atom stereocenters. The van der Waals surface area contributed by atoms with Gasteiger partial charge in [0.05, 0.1) is 23.5 Å². The van der Waals surface area contributed by atoms with E-state index in [0.29, 0.717) is 18.7 Å². The zero-order valence-electron chi connectivity index (χ0n) is 19.8. The van der Waals surface area contributed by atoms with Gasteiger partial charge in [0, 0.05) is 25.8 Å². The molecule has 0 bridgehead atoms. The van der Waals surface area contributed by atoms with Crippen LogP contribution in [0.1, 0.15) is 40.9 Å². The molecular weight excluding hydrogens is 498 g/mol. The normalized spacial score (nSPS) is 17.3. The number of thiocarbonyl (C=S) groups is 1. The molecule has 0 saturated carbocycles. The Morgan fingerprint density at radius 1 is 1.19 bits per heavy atom. The molecule has 190 valence electrons. The Balaban J connectivity index is 1.77. The van der Waals surface area contributed by atoms with Crippen molar-refractivity contribution >= 4 is 46.6 Å². The molecule has 11 heteroatoms. The number of hydrogen-bond donors (Lipinski definition) is 0. The molecule has 6 nitrogen and oxygen atoms in total. The highest BCUT2D eigenvalue weighted by Crippen LogP contribution is 2.41. The SMILES string of the molecule is C=Cc1ccc(N2C(=O)C(C)(C)N(c3cc4c(cc3F)CN(CCOC)C4=O)C2=S)cc1C(F)(F)F. The molecule has 0 atom stereocenters. The van der Waals surface area contributed by atoms with Crippen LogP contribution in [0, 0.1) is 5.82 Å². The third-order valence-corrected chi connectivity index (χ3v) is 6.71. The van der Waals surface area contributed by atoms with Crippen LogP contribution in [0.2, 0.25) is 0 Å². The summed E-state index contributed by atoms with van der Waals surface area (Å²) in [5.74, 6) is -1.66. The van der Waals surface area contributed by atoms with Crippen LogP contribution < -0.4 is 9.80 Å². The number of methoxy groups -OCH3 is 1. The maximum atomic E-state index is 15.3. The molecule has 4 rings (SSSR count). The van der Waals surface area contributed by atoms with Gasteiger partial charge in [-0.1, -0.05) is 18.7 Å². The molecule has 1 fully saturated rings. The first kappa shape index (κ1) is 25.8. The summed E-state index contributed by atoms with van der Waals surface area (Å²) in [6, 6.07) is 5.90. The number of rotatable bonds is 6. The Morgan fingerprint density at radius 3 is 2.50 bits per heavy atom. The van der Waals surface area contributed by atoms with Gasteiger partial charge >= 0.3 is 6.18 Å². The third kappa shape index (κ3) is 4.05. The molecule has 36 heavy (non-hydrogen) atoms. The fourth-order valence-electron chi connectivity index (χ4n) is 4.47. The number of carbonyl (C=O) groups is 2. The molecule has 0 spiro atoms. The molecule has 2 amide bonds. The van der Waals surface area contributed by atoms with Gasteiger partial charge in [-0.2, -0.15) is 13.2 Å². The van der Waals surface area contributed by atoms with Crippen LogP contribution in [0.5, 0.6) is 0 Å². The van der Waals surface area contributed by atoms with Crippen molar-refractivity contribution < 1.29 is 31.9 Å². The van der Waals surface area contributed by atoms with Crippen molar-refractivity contribution in [2.75, 3.05) is 30.1 Å². The van der Waals surface area contributed by atoms with E-state index >= 15 is 4.39 Å². The second-order valence-electron chi connectivity index (χ2n) is 8.97. The summed E-state index contributed by atoms with van der Waals surface area (Å²) in [5.41, 5.74) is -2.05. The minimum absolute atomic E-state index is 0.109. The molecule has 0 radical (unpaired) electrons. The predicted octanol–water partition coefficient (Wildman–Crippen LogP) is 5.01. The van der Waals surface area contributed by atoms with Gasteiger partial charge in [0.2, 0.25) is 0 Å². The summed E-state index contributed by atoms with van der Waals surface area (Å²) in [5, 5.41) is -0.204. The number of anilines is 2. The highest BCUT2D eigenvalue weighted by Gasteiger charge is 2.51. The van der Waals surface area contributed by atoms with Crippen LogP contribution in [0.3, 0.4) is 0 Å². The lowest BCUT2D eigenvalue weighted by Gasteiger charge is -2.30. The van der Waals surface area contributed by atoms with E-state index < -0.39 is 29.0 Å². The van der Waals surface area contributed by atoms with Crippen LogP contribution >= 0.6 is 12.2 Å². The number of ether oxygens (including phenoxy) is 1. The monoisotopic (exact) mass is 521 g/mol. The standard InChI is InChI=1S/C25H23F4N3O3S/c1-5-14-6-7-16(11-18(14)25(27,28)29)31-22(34)24(2,3)32(23(31)36)20-12-17-15(10-19(20)26)13-30(21(17)33)8-9-35-4/h5-7,10-12H,1,8-9,13H2,2-4H3. The topological polar surface area (TPSA) is 53.1 Å². The average molecular weight is 522 g/mol. The van der Waals surface area contributed by atoms with Crippen molar-refractivity contribution in [3.05, 3.63) is 65.0 Å². The number of alkyl halides is 3. The van der Waals surface area contributed by atoms with E-state index in [0.717, 1.165) is 17.0 Å². The summed E-state index contributed by atoms with van der Waals surface area (Å²) < 4.78 is 61.3. The molecule has 2 heterocycles. The minimum Gasteiger partial charge on any atom is -0.383 e. The number of hydrogen-bond acceptors (Lipinski definition) is 4. The van der Waals surface area contributed by atoms with Gasteiger partial charge in [-0.05, 0) is 61.5 Å². The van der Waals surface area contributed by atoms with Gasteiger partial charge in [-0.3, -0.25) is 14.5 Å².